The highest BCUT2D eigenvalue weighted by Gasteiger charge is 2.07. The van der Waals surface area contributed by atoms with E-state index < -0.39 is 0 Å². The van der Waals surface area contributed by atoms with E-state index in [1.54, 1.807) is 0 Å². The summed E-state index contributed by atoms with van der Waals surface area (Å²) < 4.78 is 4.95. The lowest BCUT2D eigenvalue weighted by atomic mass is 10.1. The van der Waals surface area contributed by atoms with Crippen LogP contribution in [0.5, 0.6) is 0 Å². The zero-order valence-corrected chi connectivity index (χ0v) is 15.5. The van der Waals surface area contributed by atoms with Crippen molar-refractivity contribution < 1.29 is 14.3 Å². The third-order valence-electron chi connectivity index (χ3n) is 3.48. The molecule has 0 aliphatic rings. The SMILES string of the molecule is CCCCC=CC=CC=CCCCCC(=O)CCC(=O)OCCC. The second-order valence-electron chi connectivity index (χ2n) is 5.89. The number of hydrogen-bond acceptors (Lipinski definition) is 3. The molecule has 0 aliphatic heterocycles. The van der Waals surface area contributed by atoms with Gasteiger partial charge in [-0.15, -0.1) is 0 Å². The third kappa shape index (κ3) is 16.7. The number of hydrogen-bond donors (Lipinski definition) is 0. The Bertz CT molecular complexity index is 405. The molecule has 0 spiro atoms. The van der Waals surface area contributed by atoms with E-state index in [4.69, 9.17) is 4.74 Å². The second kappa shape index (κ2) is 17.7. The van der Waals surface area contributed by atoms with Crippen molar-refractivity contribution in [3.05, 3.63) is 36.5 Å². The van der Waals surface area contributed by atoms with Gasteiger partial charge in [-0.1, -0.05) is 63.1 Å². The predicted molar refractivity (Wildman–Crippen MR) is 101 cm³/mol. The molecular weight excluding hydrogens is 300 g/mol. The fourth-order valence-electron chi connectivity index (χ4n) is 2.04. The minimum atomic E-state index is -0.260. The molecule has 24 heavy (non-hydrogen) atoms. The molecule has 136 valence electrons. The molecule has 0 atom stereocenters. The number of unbranched alkanes of at least 4 members (excludes halogenated alkanes) is 4. The highest BCUT2D eigenvalue weighted by atomic mass is 16.5. The van der Waals surface area contributed by atoms with Gasteiger partial charge in [0.2, 0.25) is 0 Å². The fourth-order valence-corrected chi connectivity index (χ4v) is 2.04. The summed E-state index contributed by atoms with van der Waals surface area (Å²) in [6.45, 7) is 4.59. The number of rotatable bonds is 15. The predicted octanol–water partition coefficient (Wildman–Crippen LogP) is 5.71. The van der Waals surface area contributed by atoms with E-state index >= 15 is 0 Å². The molecular formula is C21H34O3. The van der Waals surface area contributed by atoms with Gasteiger partial charge in [-0.2, -0.15) is 0 Å². The highest BCUT2D eigenvalue weighted by molar-refractivity contribution is 5.82. The number of ether oxygens (including phenoxy) is 1. The van der Waals surface area contributed by atoms with Gasteiger partial charge in [0.25, 0.3) is 0 Å². The fraction of sp³-hybridized carbons (Fsp3) is 0.619. The van der Waals surface area contributed by atoms with Crippen LogP contribution in [0.2, 0.25) is 0 Å². The van der Waals surface area contributed by atoms with Gasteiger partial charge in [-0.3, -0.25) is 9.59 Å². The Morgan fingerprint density at radius 3 is 2.04 bits per heavy atom. The maximum absolute atomic E-state index is 11.7. The van der Waals surface area contributed by atoms with Gasteiger partial charge in [-0.25, -0.2) is 0 Å². The Hall–Kier alpha value is -1.64. The third-order valence-corrected chi connectivity index (χ3v) is 3.48. The van der Waals surface area contributed by atoms with Crippen molar-refractivity contribution in [1.29, 1.82) is 0 Å². The van der Waals surface area contributed by atoms with E-state index in [1.165, 1.54) is 12.8 Å². The zero-order valence-electron chi connectivity index (χ0n) is 15.5. The lowest BCUT2D eigenvalue weighted by Crippen LogP contribution is -2.08. The average molecular weight is 335 g/mol. The monoisotopic (exact) mass is 334 g/mol. The lowest BCUT2D eigenvalue weighted by molar-refractivity contribution is -0.144. The van der Waals surface area contributed by atoms with Crippen LogP contribution in [-0.4, -0.2) is 18.4 Å². The molecule has 0 saturated carbocycles. The lowest BCUT2D eigenvalue weighted by Gasteiger charge is -2.02. The Labute approximate surface area is 147 Å². The molecule has 0 radical (unpaired) electrons. The molecule has 0 aromatic heterocycles. The first-order chi connectivity index (χ1) is 11.7. The topological polar surface area (TPSA) is 43.4 Å². The summed E-state index contributed by atoms with van der Waals surface area (Å²) in [4.78, 5) is 22.9. The largest absolute Gasteiger partial charge is 0.466 e. The molecule has 0 fully saturated rings. The molecule has 0 bridgehead atoms. The van der Waals surface area contributed by atoms with Crippen molar-refractivity contribution in [3.8, 4) is 0 Å². The van der Waals surface area contributed by atoms with Crippen LogP contribution >= 0.6 is 0 Å². The smallest absolute Gasteiger partial charge is 0.306 e. The van der Waals surface area contributed by atoms with Crippen LogP contribution in [-0.2, 0) is 14.3 Å². The molecule has 3 heteroatoms. The Kier molecular flexibility index (Phi) is 16.5. The van der Waals surface area contributed by atoms with Crippen LogP contribution in [0.3, 0.4) is 0 Å². The molecule has 0 rings (SSSR count). The van der Waals surface area contributed by atoms with Crippen molar-refractivity contribution in [2.45, 2.75) is 78.1 Å². The summed E-state index contributed by atoms with van der Waals surface area (Å²) >= 11 is 0. The minimum absolute atomic E-state index is 0.157. The second-order valence-corrected chi connectivity index (χ2v) is 5.89. The molecule has 0 aromatic rings. The van der Waals surface area contributed by atoms with Crippen molar-refractivity contribution in [2.24, 2.45) is 0 Å². The molecule has 0 unspecified atom stereocenters. The number of ketones is 1. The van der Waals surface area contributed by atoms with Crippen molar-refractivity contribution in [2.75, 3.05) is 6.61 Å². The van der Waals surface area contributed by atoms with Gasteiger partial charge in [0.15, 0.2) is 0 Å². The van der Waals surface area contributed by atoms with Crippen molar-refractivity contribution in [3.63, 3.8) is 0 Å². The molecule has 0 N–H and O–H groups in total. The molecule has 0 aromatic carbocycles. The van der Waals surface area contributed by atoms with E-state index in [9.17, 15) is 9.59 Å². The molecule has 3 nitrogen and oxygen atoms in total. The number of Topliss-reactive ketones (excluding diaryl/α,β-unsaturated/α-hetero) is 1. The quantitative estimate of drug-likeness (QED) is 0.219. The van der Waals surface area contributed by atoms with Crippen LogP contribution in [0, 0.1) is 0 Å². The van der Waals surface area contributed by atoms with E-state index in [1.807, 2.05) is 19.1 Å². The first-order valence-electron chi connectivity index (χ1n) is 9.36. The van der Waals surface area contributed by atoms with E-state index in [0.717, 1.165) is 32.1 Å². The summed E-state index contributed by atoms with van der Waals surface area (Å²) in [5.41, 5.74) is 0. The standard InChI is InChI=1S/C21H34O3/c1-3-5-6-7-8-9-10-11-12-13-14-15-16-20(22)17-18-21(23)24-19-4-2/h7-12H,3-6,13-19H2,1-2H3. The first kappa shape index (κ1) is 22.4. The number of carbonyl (C=O) groups is 2. The Balaban J connectivity index is 3.53. The molecule has 0 amide bonds. The van der Waals surface area contributed by atoms with Gasteiger partial charge in [-0.05, 0) is 32.1 Å². The van der Waals surface area contributed by atoms with Gasteiger partial charge in [0.05, 0.1) is 13.0 Å². The van der Waals surface area contributed by atoms with Gasteiger partial charge >= 0.3 is 5.97 Å². The summed E-state index contributed by atoms with van der Waals surface area (Å²) in [6, 6.07) is 0. The van der Waals surface area contributed by atoms with Crippen molar-refractivity contribution in [1.82, 2.24) is 0 Å². The first-order valence-corrected chi connectivity index (χ1v) is 9.36. The zero-order chi connectivity index (χ0) is 17.9. The minimum Gasteiger partial charge on any atom is -0.466 e. The van der Waals surface area contributed by atoms with Crippen LogP contribution in [0.4, 0.5) is 0 Å². The summed E-state index contributed by atoms with van der Waals surface area (Å²) in [5.74, 6) is -0.104. The highest BCUT2D eigenvalue weighted by Crippen LogP contribution is 2.05. The normalized spacial score (nSPS) is 11.8. The van der Waals surface area contributed by atoms with E-state index in [0.29, 0.717) is 19.4 Å². The Morgan fingerprint density at radius 2 is 1.42 bits per heavy atom. The summed E-state index contributed by atoms with van der Waals surface area (Å²) in [6.07, 6.45) is 21.0. The van der Waals surface area contributed by atoms with Crippen LogP contribution < -0.4 is 0 Å². The van der Waals surface area contributed by atoms with E-state index in [-0.39, 0.29) is 18.2 Å². The molecule has 0 saturated heterocycles. The maximum atomic E-state index is 11.7. The van der Waals surface area contributed by atoms with Crippen LogP contribution in [0.1, 0.15) is 78.1 Å². The number of allylic oxidation sites excluding steroid dienone is 6. The van der Waals surface area contributed by atoms with Gasteiger partial charge in [0, 0.05) is 12.8 Å². The summed E-state index contributed by atoms with van der Waals surface area (Å²) in [5, 5.41) is 0. The number of esters is 1. The molecule has 0 aliphatic carbocycles. The molecule has 0 heterocycles. The van der Waals surface area contributed by atoms with E-state index in [2.05, 4.69) is 31.2 Å². The van der Waals surface area contributed by atoms with Gasteiger partial charge < -0.3 is 4.74 Å². The number of carbonyl (C=O) groups excluding carboxylic acids is 2. The van der Waals surface area contributed by atoms with Crippen LogP contribution in [0.25, 0.3) is 0 Å². The maximum Gasteiger partial charge on any atom is 0.306 e. The van der Waals surface area contributed by atoms with Crippen molar-refractivity contribution >= 4 is 11.8 Å². The van der Waals surface area contributed by atoms with Crippen LogP contribution in [0.15, 0.2) is 36.5 Å². The Morgan fingerprint density at radius 1 is 0.750 bits per heavy atom. The average Bonchev–Trinajstić information content (AvgIpc) is 2.59. The summed E-state index contributed by atoms with van der Waals surface area (Å²) in [7, 11) is 0. The van der Waals surface area contributed by atoms with Gasteiger partial charge in [0.1, 0.15) is 5.78 Å².